The molecular weight excluding hydrogens is 260 g/mol. The second kappa shape index (κ2) is 7.28. The van der Waals surface area contributed by atoms with Crippen LogP contribution in [-0.4, -0.2) is 27.2 Å². The van der Waals surface area contributed by atoms with Crippen LogP contribution < -0.4 is 5.73 Å². The average Bonchev–Trinajstić information content (AvgIpc) is 2.78. The van der Waals surface area contributed by atoms with E-state index in [0.29, 0.717) is 19.1 Å². The average molecular weight is 278 g/mol. The zero-order valence-electron chi connectivity index (χ0n) is 11.0. The fourth-order valence-corrected chi connectivity index (χ4v) is 2.43. The number of aromatic nitrogens is 3. The number of hydrogen-bond acceptors (Lipinski definition) is 5. The van der Waals surface area contributed by atoms with E-state index in [2.05, 4.69) is 10.2 Å². The highest BCUT2D eigenvalue weighted by molar-refractivity contribution is 7.99. The van der Waals surface area contributed by atoms with Crippen molar-refractivity contribution in [1.82, 2.24) is 14.8 Å². The number of rotatable bonds is 7. The maximum absolute atomic E-state index is 5.62. The van der Waals surface area contributed by atoms with E-state index in [0.717, 1.165) is 17.5 Å². The van der Waals surface area contributed by atoms with E-state index in [1.807, 2.05) is 41.8 Å². The third-order valence-corrected chi connectivity index (χ3v) is 3.48. The van der Waals surface area contributed by atoms with E-state index >= 15 is 0 Å². The van der Waals surface area contributed by atoms with Gasteiger partial charge in [0.25, 0.3) is 0 Å². The molecule has 102 valence electrons. The van der Waals surface area contributed by atoms with Crippen molar-refractivity contribution in [2.24, 2.45) is 5.73 Å². The molecule has 0 aliphatic carbocycles. The molecule has 0 amide bonds. The lowest BCUT2D eigenvalue weighted by Crippen LogP contribution is -2.12. The smallest absolute Gasteiger partial charge is 0.193 e. The minimum atomic E-state index is 0.553. The molecule has 0 saturated carbocycles. The molecular formula is C13H18N4OS. The van der Waals surface area contributed by atoms with Crippen LogP contribution >= 0.6 is 11.8 Å². The van der Waals surface area contributed by atoms with Crippen molar-refractivity contribution in [2.75, 3.05) is 12.5 Å². The Morgan fingerprint density at radius 3 is 2.79 bits per heavy atom. The van der Waals surface area contributed by atoms with Gasteiger partial charge in [0.2, 0.25) is 0 Å². The summed E-state index contributed by atoms with van der Waals surface area (Å²) in [7, 11) is 0. The second-order valence-corrected chi connectivity index (χ2v) is 4.96. The van der Waals surface area contributed by atoms with Gasteiger partial charge in [-0.1, -0.05) is 42.1 Å². The van der Waals surface area contributed by atoms with E-state index in [1.165, 1.54) is 17.3 Å². The molecule has 2 rings (SSSR count). The van der Waals surface area contributed by atoms with Crippen LogP contribution in [0.3, 0.4) is 0 Å². The van der Waals surface area contributed by atoms with Crippen LogP contribution in [0.25, 0.3) is 0 Å². The van der Waals surface area contributed by atoms with Crippen LogP contribution in [-0.2, 0) is 17.9 Å². The summed E-state index contributed by atoms with van der Waals surface area (Å²) >= 11 is 1.54. The van der Waals surface area contributed by atoms with Crippen molar-refractivity contribution in [3.8, 4) is 0 Å². The molecule has 0 fully saturated rings. The normalized spacial score (nSPS) is 10.8. The largest absolute Gasteiger partial charge is 0.366 e. The molecule has 0 saturated heterocycles. The van der Waals surface area contributed by atoms with E-state index in [4.69, 9.17) is 10.5 Å². The van der Waals surface area contributed by atoms with Gasteiger partial charge in [-0.05, 0) is 12.5 Å². The Morgan fingerprint density at radius 2 is 2.05 bits per heavy atom. The third-order valence-electron chi connectivity index (χ3n) is 2.64. The lowest BCUT2D eigenvalue weighted by Gasteiger charge is -2.07. The van der Waals surface area contributed by atoms with Crippen molar-refractivity contribution < 1.29 is 4.74 Å². The van der Waals surface area contributed by atoms with Crippen LogP contribution in [0.5, 0.6) is 0 Å². The van der Waals surface area contributed by atoms with Crippen molar-refractivity contribution in [3.05, 3.63) is 41.7 Å². The van der Waals surface area contributed by atoms with Crippen molar-refractivity contribution >= 4 is 11.8 Å². The predicted octanol–water partition coefficient (Wildman–Crippen LogP) is 1.81. The topological polar surface area (TPSA) is 66.0 Å². The minimum Gasteiger partial charge on any atom is -0.366 e. The van der Waals surface area contributed by atoms with Gasteiger partial charge in [-0.2, -0.15) is 0 Å². The monoisotopic (exact) mass is 278 g/mol. The third kappa shape index (κ3) is 4.05. The summed E-state index contributed by atoms with van der Waals surface area (Å²) in [6.07, 6.45) is 0. The SMILES string of the molecule is Cc1nnc(SCOCc2ccccc2)n1CCN. The number of thioether (sulfide) groups is 1. The summed E-state index contributed by atoms with van der Waals surface area (Å²) in [5.41, 5.74) is 6.74. The van der Waals surface area contributed by atoms with E-state index in [1.54, 1.807) is 0 Å². The minimum absolute atomic E-state index is 0.553. The summed E-state index contributed by atoms with van der Waals surface area (Å²) in [6.45, 7) is 3.85. The summed E-state index contributed by atoms with van der Waals surface area (Å²) in [5.74, 6) is 1.44. The summed E-state index contributed by atoms with van der Waals surface area (Å²) in [4.78, 5) is 0. The van der Waals surface area contributed by atoms with Gasteiger partial charge in [0.15, 0.2) is 5.16 Å². The Bertz CT molecular complexity index is 501. The van der Waals surface area contributed by atoms with Crippen LogP contribution in [0.15, 0.2) is 35.5 Å². The molecule has 6 heteroatoms. The highest BCUT2D eigenvalue weighted by Crippen LogP contribution is 2.17. The van der Waals surface area contributed by atoms with Crippen molar-refractivity contribution in [2.45, 2.75) is 25.2 Å². The number of nitrogens with two attached hydrogens (primary N) is 1. The standard InChI is InChI=1S/C13H18N4OS/c1-11-15-16-13(17(11)8-7-14)19-10-18-9-12-5-3-2-4-6-12/h2-6H,7-10,14H2,1H3. The van der Waals surface area contributed by atoms with Crippen molar-refractivity contribution in [3.63, 3.8) is 0 Å². The number of benzene rings is 1. The molecule has 0 unspecified atom stereocenters. The molecule has 5 nitrogen and oxygen atoms in total. The Kier molecular flexibility index (Phi) is 5.38. The number of nitrogens with zero attached hydrogens (tertiary/aromatic N) is 3. The van der Waals surface area contributed by atoms with Gasteiger partial charge in [-0.15, -0.1) is 10.2 Å². The first-order valence-electron chi connectivity index (χ1n) is 6.15. The van der Waals surface area contributed by atoms with Gasteiger partial charge in [0.05, 0.1) is 6.61 Å². The summed E-state index contributed by atoms with van der Waals surface area (Å²) < 4.78 is 7.63. The van der Waals surface area contributed by atoms with E-state index < -0.39 is 0 Å². The molecule has 1 heterocycles. The zero-order chi connectivity index (χ0) is 13.5. The highest BCUT2D eigenvalue weighted by atomic mass is 32.2. The first-order valence-corrected chi connectivity index (χ1v) is 7.14. The van der Waals surface area contributed by atoms with Gasteiger partial charge in [0, 0.05) is 13.1 Å². The molecule has 0 aliphatic heterocycles. The Morgan fingerprint density at radius 1 is 1.26 bits per heavy atom. The first-order chi connectivity index (χ1) is 9.31. The van der Waals surface area contributed by atoms with Crippen LogP contribution in [0.4, 0.5) is 0 Å². The molecule has 0 bridgehead atoms. The van der Waals surface area contributed by atoms with Gasteiger partial charge >= 0.3 is 0 Å². The molecule has 0 aliphatic rings. The zero-order valence-corrected chi connectivity index (χ0v) is 11.8. The fourth-order valence-electron chi connectivity index (χ4n) is 1.68. The van der Waals surface area contributed by atoms with Crippen LogP contribution in [0.1, 0.15) is 11.4 Å². The van der Waals surface area contributed by atoms with E-state index in [9.17, 15) is 0 Å². The fraction of sp³-hybridized carbons (Fsp3) is 0.385. The van der Waals surface area contributed by atoms with E-state index in [-0.39, 0.29) is 0 Å². The lowest BCUT2D eigenvalue weighted by atomic mass is 10.2. The lowest BCUT2D eigenvalue weighted by molar-refractivity contribution is 0.169. The molecule has 2 N–H and O–H groups in total. The Labute approximate surface area is 117 Å². The maximum Gasteiger partial charge on any atom is 0.193 e. The molecule has 0 spiro atoms. The first kappa shape index (κ1) is 14.0. The molecule has 1 aromatic carbocycles. The summed E-state index contributed by atoms with van der Waals surface area (Å²) in [5, 5.41) is 9.03. The maximum atomic E-state index is 5.62. The molecule has 1 aromatic heterocycles. The van der Waals surface area contributed by atoms with Crippen LogP contribution in [0.2, 0.25) is 0 Å². The Hall–Kier alpha value is -1.37. The van der Waals surface area contributed by atoms with Crippen LogP contribution in [0, 0.1) is 6.92 Å². The number of ether oxygens (including phenoxy) is 1. The molecule has 2 aromatic rings. The van der Waals surface area contributed by atoms with Gasteiger partial charge in [-0.25, -0.2) is 0 Å². The Balaban J connectivity index is 1.80. The van der Waals surface area contributed by atoms with Gasteiger partial charge < -0.3 is 15.0 Å². The predicted molar refractivity (Wildman–Crippen MR) is 75.8 cm³/mol. The summed E-state index contributed by atoms with van der Waals surface area (Å²) in [6, 6.07) is 10.1. The van der Waals surface area contributed by atoms with Gasteiger partial charge in [-0.3, -0.25) is 0 Å². The molecule has 19 heavy (non-hydrogen) atoms. The van der Waals surface area contributed by atoms with Crippen molar-refractivity contribution in [1.29, 1.82) is 0 Å². The molecule has 0 radical (unpaired) electrons. The second-order valence-electron chi connectivity index (χ2n) is 4.07. The number of aryl methyl sites for hydroxylation is 1. The van der Waals surface area contributed by atoms with Gasteiger partial charge in [0.1, 0.15) is 11.8 Å². The quantitative estimate of drug-likeness (QED) is 0.475. The highest BCUT2D eigenvalue weighted by Gasteiger charge is 2.08. The number of hydrogen-bond donors (Lipinski definition) is 1. The molecule has 0 atom stereocenters.